The van der Waals surface area contributed by atoms with Gasteiger partial charge in [-0.05, 0) is 38.8 Å². The third kappa shape index (κ3) is 2.86. The van der Waals surface area contributed by atoms with E-state index in [2.05, 4.69) is 15.1 Å². The van der Waals surface area contributed by atoms with Crippen LogP contribution in [0.5, 0.6) is 0 Å². The average molecular weight is 328 g/mol. The molecule has 1 atom stereocenters. The standard InChI is InChI=1S/C16H20N6O2/c1-11-9-12(14(17)24)20-15(19-11)16(2)5-3-8-22(16)13(23)10-21-7-4-6-18-21/h4,6-7,9H,3,5,8,10H2,1-2H3,(H2,17,24). The van der Waals surface area contributed by atoms with Crippen LogP contribution in [0.2, 0.25) is 0 Å². The SMILES string of the molecule is Cc1cc(C(N)=O)nc(C2(C)CCCN2C(=O)Cn2cccn2)n1. The molecule has 126 valence electrons. The highest BCUT2D eigenvalue weighted by Crippen LogP contribution is 2.37. The van der Waals surface area contributed by atoms with Crippen molar-refractivity contribution in [3.05, 3.63) is 41.7 Å². The minimum Gasteiger partial charge on any atom is -0.364 e. The zero-order valence-electron chi connectivity index (χ0n) is 13.8. The highest BCUT2D eigenvalue weighted by atomic mass is 16.2. The molecule has 1 aliphatic rings. The lowest BCUT2D eigenvalue weighted by atomic mass is 9.97. The summed E-state index contributed by atoms with van der Waals surface area (Å²) in [6.07, 6.45) is 4.98. The van der Waals surface area contributed by atoms with Gasteiger partial charge in [0.25, 0.3) is 5.91 Å². The van der Waals surface area contributed by atoms with Gasteiger partial charge in [0.05, 0.1) is 5.54 Å². The Morgan fingerprint density at radius 3 is 2.83 bits per heavy atom. The molecule has 8 heteroatoms. The van der Waals surface area contributed by atoms with Gasteiger partial charge in [-0.2, -0.15) is 5.10 Å². The van der Waals surface area contributed by atoms with Crippen LogP contribution in [0.15, 0.2) is 24.5 Å². The third-order valence-electron chi connectivity index (χ3n) is 4.39. The normalized spacial score (nSPS) is 20.3. The topological polar surface area (TPSA) is 107 Å². The number of nitrogens with zero attached hydrogens (tertiary/aromatic N) is 5. The summed E-state index contributed by atoms with van der Waals surface area (Å²) in [6, 6.07) is 3.33. The molecule has 3 heterocycles. The highest BCUT2D eigenvalue weighted by Gasteiger charge is 2.43. The van der Waals surface area contributed by atoms with Crippen LogP contribution in [0.1, 0.15) is 41.8 Å². The van der Waals surface area contributed by atoms with Crippen molar-refractivity contribution in [2.75, 3.05) is 6.54 Å². The number of hydrogen-bond acceptors (Lipinski definition) is 5. The van der Waals surface area contributed by atoms with Crippen molar-refractivity contribution < 1.29 is 9.59 Å². The van der Waals surface area contributed by atoms with Crippen LogP contribution in [0, 0.1) is 6.92 Å². The molecule has 24 heavy (non-hydrogen) atoms. The summed E-state index contributed by atoms with van der Waals surface area (Å²) in [5, 5.41) is 4.08. The molecule has 0 aliphatic carbocycles. The quantitative estimate of drug-likeness (QED) is 0.885. The third-order valence-corrected chi connectivity index (χ3v) is 4.39. The van der Waals surface area contributed by atoms with Crippen molar-refractivity contribution in [3.63, 3.8) is 0 Å². The second-order valence-electron chi connectivity index (χ2n) is 6.21. The molecular formula is C16H20N6O2. The van der Waals surface area contributed by atoms with Crippen LogP contribution < -0.4 is 5.73 Å². The van der Waals surface area contributed by atoms with Gasteiger partial charge >= 0.3 is 0 Å². The molecule has 1 saturated heterocycles. The van der Waals surface area contributed by atoms with Gasteiger partial charge in [-0.15, -0.1) is 0 Å². The Bertz CT molecular complexity index is 773. The predicted molar refractivity (Wildman–Crippen MR) is 85.8 cm³/mol. The molecule has 8 nitrogen and oxygen atoms in total. The second-order valence-corrected chi connectivity index (χ2v) is 6.21. The molecule has 0 spiro atoms. The smallest absolute Gasteiger partial charge is 0.267 e. The summed E-state index contributed by atoms with van der Waals surface area (Å²) >= 11 is 0. The number of primary amides is 1. The molecule has 2 N–H and O–H groups in total. The highest BCUT2D eigenvalue weighted by molar-refractivity contribution is 5.90. The molecular weight excluding hydrogens is 308 g/mol. The lowest BCUT2D eigenvalue weighted by Gasteiger charge is -2.34. The van der Waals surface area contributed by atoms with E-state index >= 15 is 0 Å². The van der Waals surface area contributed by atoms with Crippen molar-refractivity contribution in [3.8, 4) is 0 Å². The second kappa shape index (κ2) is 6.03. The maximum atomic E-state index is 12.7. The Morgan fingerprint density at radius 2 is 2.17 bits per heavy atom. The maximum Gasteiger partial charge on any atom is 0.267 e. The van der Waals surface area contributed by atoms with Crippen molar-refractivity contribution in [1.29, 1.82) is 0 Å². The Kier molecular flexibility index (Phi) is 4.04. The Balaban J connectivity index is 1.93. The van der Waals surface area contributed by atoms with Crippen molar-refractivity contribution in [2.24, 2.45) is 5.73 Å². The first kappa shape index (κ1) is 16.1. The first-order valence-corrected chi connectivity index (χ1v) is 7.84. The van der Waals surface area contributed by atoms with Gasteiger partial charge in [-0.25, -0.2) is 9.97 Å². The molecule has 3 rings (SSSR count). The summed E-state index contributed by atoms with van der Waals surface area (Å²) in [6.45, 7) is 4.50. The minimum absolute atomic E-state index is 0.0515. The summed E-state index contributed by atoms with van der Waals surface area (Å²) < 4.78 is 1.59. The van der Waals surface area contributed by atoms with Crippen molar-refractivity contribution in [2.45, 2.75) is 38.8 Å². The molecule has 2 aromatic rings. The van der Waals surface area contributed by atoms with Crippen molar-refractivity contribution >= 4 is 11.8 Å². The molecule has 0 bridgehead atoms. The number of nitrogens with two attached hydrogens (primary N) is 1. The molecule has 1 fully saturated rings. The monoisotopic (exact) mass is 328 g/mol. The Labute approximate surface area is 139 Å². The summed E-state index contributed by atoms with van der Waals surface area (Å²) in [5.74, 6) is -0.190. The molecule has 2 aromatic heterocycles. The van der Waals surface area contributed by atoms with Crippen LogP contribution in [-0.2, 0) is 16.9 Å². The van der Waals surface area contributed by atoms with E-state index in [0.29, 0.717) is 18.1 Å². The fourth-order valence-electron chi connectivity index (χ4n) is 3.15. The maximum absolute atomic E-state index is 12.7. The number of carbonyl (C=O) groups is 2. The molecule has 1 unspecified atom stereocenters. The molecule has 2 amide bonds. The van der Waals surface area contributed by atoms with Gasteiger partial charge in [0.15, 0.2) is 5.82 Å². The fourth-order valence-corrected chi connectivity index (χ4v) is 3.15. The molecule has 0 saturated carbocycles. The van der Waals surface area contributed by atoms with Gasteiger partial charge < -0.3 is 10.6 Å². The molecule has 0 aromatic carbocycles. The lowest BCUT2D eigenvalue weighted by molar-refractivity contribution is -0.136. The van der Waals surface area contributed by atoms with E-state index in [1.165, 1.54) is 0 Å². The van der Waals surface area contributed by atoms with E-state index in [4.69, 9.17) is 5.73 Å². The number of hydrogen-bond donors (Lipinski definition) is 1. The van der Waals surface area contributed by atoms with E-state index in [-0.39, 0.29) is 18.1 Å². The van der Waals surface area contributed by atoms with Crippen LogP contribution >= 0.6 is 0 Å². The van der Waals surface area contributed by atoms with Crippen LogP contribution in [0.4, 0.5) is 0 Å². The van der Waals surface area contributed by atoms with E-state index < -0.39 is 11.4 Å². The number of aromatic nitrogens is 4. The first-order chi connectivity index (χ1) is 11.4. The molecule has 0 radical (unpaired) electrons. The first-order valence-electron chi connectivity index (χ1n) is 7.84. The minimum atomic E-state index is -0.652. The molecule has 1 aliphatic heterocycles. The summed E-state index contributed by atoms with van der Waals surface area (Å²) in [4.78, 5) is 34.8. The zero-order chi connectivity index (χ0) is 17.3. The number of aryl methyl sites for hydroxylation is 1. The van der Waals surface area contributed by atoms with Gasteiger partial charge in [0.2, 0.25) is 5.91 Å². The Morgan fingerprint density at radius 1 is 1.38 bits per heavy atom. The van der Waals surface area contributed by atoms with Gasteiger partial charge in [0, 0.05) is 24.6 Å². The van der Waals surface area contributed by atoms with E-state index in [1.54, 1.807) is 41.0 Å². The van der Waals surface area contributed by atoms with E-state index in [1.807, 2.05) is 6.92 Å². The van der Waals surface area contributed by atoms with E-state index in [0.717, 1.165) is 12.8 Å². The van der Waals surface area contributed by atoms with Crippen LogP contribution in [-0.4, -0.2) is 43.0 Å². The summed E-state index contributed by atoms with van der Waals surface area (Å²) in [5.41, 5.74) is 5.53. The largest absolute Gasteiger partial charge is 0.364 e. The fraction of sp³-hybridized carbons (Fsp3) is 0.438. The van der Waals surface area contributed by atoms with Crippen LogP contribution in [0.3, 0.4) is 0 Å². The van der Waals surface area contributed by atoms with Gasteiger partial charge in [-0.1, -0.05) is 0 Å². The van der Waals surface area contributed by atoms with Crippen molar-refractivity contribution in [1.82, 2.24) is 24.6 Å². The van der Waals surface area contributed by atoms with Gasteiger partial charge in [-0.3, -0.25) is 14.3 Å². The average Bonchev–Trinajstić information content (AvgIpc) is 3.16. The number of rotatable bonds is 4. The number of carbonyl (C=O) groups excluding carboxylic acids is 2. The zero-order valence-corrected chi connectivity index (χ0v) is 13.8. The van der Waals surface area contributed by atoms with Gasteiger partial charge in [0.1, 0.15) is 12.2 Å². The summed E-state index contributed by atoms with van der Waals surface area (Å²) in [7, 11) is 0. The van der Waals surface area contributed by atoms with Crippen LogP contribution in [0.25, 0.3) is 0 Å². The van der Waals surface area contributed by atoms with E-state index in [9.17, 15) is 9.59 Å². The Hall–Kier alpha value is -2.77. The lowest BCUT2D eigenvalue weighted by Crippen LogP contribution is -2.45. The number of amides is 2. The predicted octanol–water partition coefficient (Wildman–Crippen LogP) is 0.618. The number of likely N-dealkylation sites (tertiary alicyclic amines) is 1.